The van der Waals surface area contributed by atoms with Crippen molar-refractivity contribution in [1.29, 1.82) is 0 Å². The van der Waals surface area contributed by atoms with E-state index in [1.54, 1.807) is 36.3 Å². The number of nitrogens with one attached hydrogen (secondary N) is 1. The van der Waals surface area contributed by atoms with Gasteiger partial charge in [-0.3, -0.25) is 9.69 Å². The number of amides is 1. The van der Waals surface area contributed by atoms with Gasteiger partial charge in [-0.05, 0) is 37.7 Å². The Bertz CT molecular complexity index is 795. The molecule has 3 rings (SSSR count). The molecule has 1 amide bonds. The molecule has 0 aliphatic carbocycles. The first kappa shape index (κ1) is 15.9. The van der Waals surface area contributed by atoms with E-state index in [0.717, 1.165) is 5.56 Å². The lowest BCUT2D eigenvalue weighted by molar-refractivity contribution is -0.117. The Morgan fingerprint density at radius 3 is 2.88 bits per heavy atom. The van der Waals surface area contributed by atoms with Crippen molar-refractivity contribution in [3.8, 4) is 11.7 Å². The number of nitrogens with zero attached hydrogens (tertiary/aromatic N) is 4. The normalized spacial score (nSPS) is 11.0. The van der Waals surface area contributed by atoms with Crippen LogP contribution in [0.25, 0.3) is 11.7 Å². The monoisotopic (exact) mass is 327 g/mol. The molecule has 0 spiro atoms. The lowest BCUT2D eigenvalue weighted by Crippen LogP contribution is -2.30. The molecule has 0 saturated carbocycles. The van der Waals surface area contributed by atoms with E-state index in [-0.39, 0.29) is 12.5 Å². The van der Waals surface area contributed by atoms with Gasteiger partial charge in [0, 0.05) is 6.20 Å². The zero-order chi connectivity index (χ0) is 16.9. The Hall–Kier alpha value is -3.00. The summed E-state index contributed by atoms with van der Waals surface area (Å²) in [6.45, 7) is 2.46. The van der Waals surface area contributed by atoms with E-state index in [1.165, 1.54) is 6.26 Å². The SMILES string of the molecule is Cc1ccc(NC(=O)CN(C)Cc2nnc(-c3ccco3)o2)nc1. The van der Waals surface area contributed by atoms with Crippen LogP contribution in [0.1, 0.15) is 11.5 Å². The predicted molar refractivity (Wildman–Crippen MR) is 85.9 cm³/mol. The van der Waals surface area contributed by atoms with Gasteiger partial charge in [-0.2, -0.15) is 0 Å². The molecule has 0 aliphatic heterocycles. The van der Waals surface area contributed by atoms with Crippen LogP contribution in [0.3, 0.4) is 0 Å². The first-order valence-corrected chi connectivity index (χ1v) is 7.37. The molecular weight excluding hydrogens is 310 g/mol. The molecule has 0 radical (unpaired) electrons. The first-order chi connectivity index (χ1) is 11.6. The Labute approximate surface area is 138 Å². The third-order valence-electron chi connectivity index (χ3n) is 3.20. The second-order valence-corrected chi connectivity index (χ2v) is 5.42. The lowest BCUT2D eigenvalue weighted by atomic mass is 10.3. The number of hydrogen-bond acceptors (Lipinski definition) is 7. The molecule has 1 N–H and O–H groups in total. The molecule has 0 aliphatic rings. The van der Waals surface area contributed by atoms with Crippen LogP contribution in [0.5, 0.6) is 0 Å². The van der Waals surface area contributed by atoms with E-state index in [0.29, 0.717) is 29.9 Å². The zero-order valence-electron chi connectivity index (χ0n) is 13.4. The van der Waals surface area contributed by atoms with Crippen LogP contribution >= 0.6 is 0 Å². The Balaban J connectivity index is 1.52. The van der Waals surface area contributed by atoms with E-state index in [2.05, 4.69) is 20.5 Å². The molecule has 0 saturated heterocycles. The molecule has 0 atom stereocenters. The van der Waals surface area contributed by atoms with Crippen molar-refractivity contribution in [2.75, 3.05) is 18.9 Å². The van der Waals surface area contributed by atoms with Gasteiger partial charge in [0.05, 0.1) is 19.4 Å². The van der Waals surface area contributed by atoms with Crippen LogP contribution in [-0.4, -0.2) is 39.6 Å². The number of aryl methyl sites for hydroxylation is 1. The smallest absolute Gasteiger partial charge is 0.283 e. The Morgan fingerprint density at radius 2 is 2.17 bits per heavy atom. The van der Waals surface area contributed by atoms with Gasteiger partial charge in [0.25, 0.3) is 5.89 Å². The maximum absolute atomic E-state index is 12.0. The average molecular weight is 327 g/mol. The summed E-state index contributed by atoms with van der Waals surface area (Å²) in [6.07, 6.45) is 3.24. The second-order valence-electron chi connectivity index (χ2n) is 5.42. The molecule has 124 valence electrons. The minimum Gasteiger partial charge on any atom is -0.459 e. The highest BCUT2D eigenvalue weighted by molar-refractivity contribution is 5.91. The summed E-state index contributed by atoms with van der Waals surface area (Å²) >= 11 is 0. The van der Waals surface area contributed by atoms with E-state index >= 15 is 0 Å². The van der Waals surface area contributed by atoms with Crippen molar-refractivity contribution in [1.82, 2.24) is 20.1 Å². The Kier molecular flexibility index (Phi) is 4.66. The van der Waals surface area contributed by atoms with Crippen molar-refractivity contribution in [3.05, 3.63) is 48.2 Å². The fraction of sp³-hybridized carbons (Fsp3) is 0.250. The van der Waals surface area contributed by atoms with E-state index in [9.17, 15) is 4.79 Å². The summed E-state index contributed by atoms with van der Waals surface area (Å²) in [5, 5.41) is 10.6. The number of furan rings is 1. The van der Waals surface area contributed by atoms with Crippen LogP contribution in [0, 0.1) is 6.92 Å². The molecule has 3 aromatic rings. The van der Waals surface area contributed by atoms with E-state index < -0.39 is 0 Å². The molecule has 8 nitrogen and oxygen atoms in total. The van der Waals surface area contributed by atoms with Crippen LogP contribution in [0.2, 0.25) is 0 Å². The summed E-state index contributed by atoms with van der Waals surface area (Å²) < 4.78 is 10.7. The molecule has 8 heteroatoms. The fourth-order valence-electron chi connectivity index (χ4n) is 2.07. The van der Waals surface area contributed by atoms with Crippen molar-refractivity contribution in [2.45, 2.75) is 13.5 Å². The molecular formula is C16H17N5O3. The van der Waals surface area contributed by atoms with Gasteiger partial charge in [-0.15, -0.1) is 10.2 Å². The van der Waals surface area contributed by atoms with Gasteiger partial charge >= 0.3 is 0 Å². The van der Waals surface area contributed by atoms with Crippen molar-refractivity contribution in [3.63, 3.8) is 0 Å². The number of likely N-dealkylation sites (N-methyl/N-ethyl adjacent to an activating group) is 1. The number of hydrogen-bond donors (Lipinski definition) is 1. The highest BCUT2D eigenvalue weighted by Gasteiger charge is 2.14. The van der Waals surface area contributed by atoms with Gasteiger partial charge in [-0.25, -0.2) is 4.98 Å². The third kappa shape index (κ3) is 4.05. The average Bonchev–Trinajstić information content (AvgIpc) is 3.20. The van der Waals surface area contributed by atoms with Crippen LogP contribution in [0.4, 0.5) is 5.82 Å². The number of carbonyl (C=O) groups excluding carboxylic acids is 1. The first-order valence-electron chi connectivity index (χ1n) is 7.37. The van der Waals surface area contributed by atoms with Crippen molar-refractivity contribution < 1.29 is 13.6 Å². The van der Waals surface area contributed by atoms with Crippen LogP contribution in [-0.2, 0) is 11.3 Å². The molecule has 0 fully saturated rings. The quantitative estimate of drug-likeness (QED) is 0.740. The van der Waals surface area contributed by atoms with Gasteiger partial charge in [0.15, 0.2) is 5.76 Å². The van der Waals surface area contributed by atoms with Gasteiger partial charge in [0.2, 0.25) is 11.8 Å². The maximum atomic E-state index is 12.0. The summed E-state index contributed by atoms with van der Waals surface area (Å²) in [7, 11) is 1.79. The van der Waals surface area contributed by atoms with Gasteiger partial charge < -0.3 is 14.2 Å². The minimum absolute atomic E-state index is 0.167. The van der Waals surface area contributed by atoms with Crippen LogP contribution in [0.15, 0.2) is 45.6 Å². The molecule has 24 heavy (non-hydrogen) atoms. The number of rotatable bonds is 6. The summed E-state index contributed by atoms with van der Waals surface area (Å²) in [5.74, 6) is 1.60. The lowest BCUT2D eigenvalue weighted by Gasteiger charge is -2.13. The third-order valence-corrected chi connectivity index (χ3v) is 3.20. The standard InChI is InChI=1S/C16H17N5O3/c1-11-5-6-13(17-8-11)18-14(22)9-21(2)10-15-19-20-16(24-15)12-4-3-7-23-12/h3-8H,9-10H2,1-2H3,(H,17,18,22). The summed E-state index contributed by atoms with van der Waals surface area (Å²) in [5.41, 5.74) is 1.04. The largest absolute Gasteiger partial charge is 0.459 e. The topological polar surface area (TPSA) is 97.3 Å². The number of carbonyl (C=O) groups is 1. The highest BCUT2D eigenvalue weighted by Crippen LogP contribution is 2.18. The molecule has 3 heterocycles. The molecule has 0 bridgehead atoms. The summed E-state index contributed by atoms with van der Waals surface area (Å²) in [6, 6.07) is 7.14. The summed E-state index contributed by atoms with van der Waals surface area (Å²) in [4.78, 5) is 17.9. The van der Waals surface area contributed by atoms with Crippen molar-refractivity contribution >= 4 is 11.7 Å². The predicted octanol–water partition coefficient (Wildman–Crippen LogP) is 2.10. The van der Waals surface area contributed by atoms with E-state index in [1.807, 2.05) is 13.0 Å². The highest BCUT2D eigenvalue weighted by atomic mass is 16.4. The maximum Gasteiger partial charge on any atom is 0.283 e. The van der Waals surface area contributed by atoms with E-state index in [4.69, 9.17) is 8.83 Å². The van der Waals surface area contributed by atoms with Gasteiger partial charge in [0.1, 0.15) is 5.82 Å². The zero-order valence-corrected chi connectivity index (χ0v) is 13.4. The number of aromatic nitrogens is 3. The van der Waals surface area contributed by atoms with Crippen LogP contribution < -0.4 is 5.32 Å². The molecule has 0 unspecified atom stereocenters. The molecule has 0 aromatic carbocycles. The second kappa shape index (κ2) is 7.05. The Morgan fingerprint density at radius 1 is 1.29 bits per heavy atom. The number of pyridine rings is 1. The van der Waals surface area contributed by atoms with Crippen molar-refractivity contribution in [2.24, 2.45) is 0 Å². The number of anilines is 1. The minimum atomic E-state index is -0.167. The fourth-order valence-corrected chi connectivity index (χ4v) is 2.07. The van der Waals surface area contributed by atoms with Gasteiger partial charge in [-0.1, -0.05) is 6.07 Å². The molecule has 3 aromatic heterocycles.